The number of carbonyl (C=O) groups is 1. The summed E-state index contributed by atoms with van der Waals surface area (Å²) in [5.41, 5.74) is 6.60. The Morgan fingerprint density at radius 3 is 2.78 bits per heavy atom. The molecule has 0 radical (unpaired) electrons. The second kappa shape index (κ2) is 12.8. The van der Waals surface area contributed by atoms with Crippen LogP contribution in [0.4, 0.5) is 5.69 Å². The summed E-state index contributed by atoms with van der Waals surface area (Å²) < 4.78 is 0. The van der Waals surface area contributed by atoms with E-state index in [4.69, 9.17) is 10.7 Å². The van der Waals surface area contributed by atoms with Gasteiger partial charge in [0.25, 0.3) is 0 Å². The molecule has 1 fully saturated rings. The molecule has 27 heavy (non-hydrogen) atoms. The van der Waals surface area contributed by atoms with Gasteiger partial charge in [0, 0.05) is 51.9 Å². The van der Waals surface area contributed by atoms with Gasteiger partial charge in [0.1, 0.15) is 0 Å². The summed E-state index contributed by atoms with van der Waals surface area (Å²) in [6.07, 6.45) is 3.62. The average Bonchev–Trinajstić information content (AvgIpc) is 2.64. The number of amides is 1. The lowest BCUT2D eigenvalue weighted by Gasteiger charge is -2.34. The van der Waals surface area contributed by atoms with Gasteiger partial charge in [-0.1, -0.05) is 18.2 Å². The van der Waals surface area contributed by atoms with Crippen LogP contribution in [0.5, 0.6) is 0 Å². The van der Waals surface area contributed by atoms with Crippen LogP contribution in [-0.2, 0) is 4.79 Å². The number of rotatable bonds is 8. The molecule has 1 aliphatic heterocycles. The number of aliphatic imine (C=N–C) groups is 1. The van der Waals surface area contributed by atoms with E-state index < -0.39 is 0 Å². The van der Waals surface area contributed by atoms with Crippen molar-refractivity contribution in [1.82, 2.24) is 10.2 Å². The maximum absolute atomic E-state index is 11.2. The largest absolute Gasteiger partial charge is 0.375 e. The van der Waals surface area contributed by atoms with Crippen LogP contribution in [0.15, 0.2) is 35.3 Å². The van der Waals surface area contributed by atoms with Gasteiger partial charge in [0.15, 0.2) is 5.96 Å². The van der Waals surface area contributed by atoms with Crippen molar-refractivity contribution in [2.45, 2.75) is 32.6 Å². The minimum Gasteiger partial charge on any atom is -0.375 e. The smallest absolute Gasteiger partial charge is 0.217 e. The van der Waals surface area contributed by atoms with Gasteiger partial charge in [0.05, 0.1) is 0 Å². The highest BCUT2D eigenvalue weighted by atomic mass is 127. The zero-order valence-corrected chi connectivity index (χ0v) is 18.9. The summed E-state index contributed by atoms with van der Waals surface area (Å²) in [6, 6.07) is 10.4. The predicted molar refractivity (Wildman–Crippen MR) is 124 cm³/mol. The van der Waals surface area contributed by atoms with Gasteiger partial charge in [-0.2, -0.15) is 0 Å². The molecule has 7 heteroatoms. The molecule has 6 nitrogen and oxygen atoms in total. The summed E-state index contributed by atoms with van der Waals surface area (Å²) in [5, 5.41) is 3.39. The quantitative estimate of drug-likeness (QED) is 0.256. The molecule has 0 aromatic heterocycles. The van der Waals surface area contributed by atoms with Crippen LogP contribution in [0.2, 0.25) is 0 Å². The summed E-state index contributed by atoms with van der Waals surface area (Å²) in [7, 11) is 2.11. The molecule has 1 aromatic carbocycles. The number of nitrogens with zero attached hydrogens (tertiary/aromatic N) is 3. The average molecular weight is 487 g/mol. The van der Waals surface area contributed by atoms with Gasteiger partial charge >= 0.3 is 0 Å². The maximum Gasteiger partial charge on any atom is 0.217 e. The highest BCUT2D eigenvalue weighted by Gasteiger charge is 2.23. The number of nitrogens with one attached hydrogen (secondary N) is 1. The Morgan fingerprint density at radius 1 is 1.37 bits per heavy atom. The van der Waals surface area contributed by atoms with E-state index in [9.17, 15) is 4.79 Å². The van der Waals surface area contributed by atoms with Crippen molar-refractivity contribution in [1.29, 1.82) is 0 Å². The number of hydrogen-bond acceptors (Lipinski definition) is 3. The first-order valence-electron chi connectivity index (χ1n) is 9.68. The fourth-order valence-corrected chi connectivity index (χ4v) is 3.44. The summed E-state index contributed by atoms with van der Waals surface area (Å²) in [5.74, 6) is 1.10. The third kappa shape index (κ3) is 8.36. The molecule has 1 amide bonds. The monoisotopic (exact) mass is 487 g/mol. The second-order valence-electron chi connectivity index (χ2n) is 6.97. The SMILES string of the molecule is CCNC(=NCCCN(C)c1ccccc1)N1CCCC(CC(N)=O)C1.I. The number of benzene rings is 1. The lowest BCUT2D eigenvalue weighted by Crippen LogP contribution is -2.47. The number of guanidine groups is 1. The van der Waals surface area contributed by atoms with Crippen LogP contribution in [0.25, 0.3) is 0 Å². The van der Waals surface area contributed by atoms with E-state index in [-0.39, 0.29) is 29.9 Å². The highest BCUT2D eigenvalue weighted by Crippen LogP contribution is 2.19. The first-order chi connectivity index (χ1) is 12.6. The van der Waals surface area contributed by atoms with Crippen LogP contribution >= 0.6 is 24.0 Å². The molecule has 0 bridgehead atoms. The number of anilines is 1. The maximum atomic E-state index is 11.2. The van der Waals surface area contributed by atoms with Crippen LogP contribution in [0.3, 0.4) is 0 Å². The summed E-state index contributed by atoms with van der Waals surface area (Å²) >= 11 is 0. The van der Waals surface area contributed by atoms with E-state index in [1.165, 1.54) is 5.69 Å². The zero-order valence-electron chi connectivity index (χ0n) is 16.6. The second-order valence-corrected chi connectivity index (χ2v) is 6.97. The molecule has 152 valence electrons. The third-order valence-electron chi connectivity index (χ3n) is 4.75. The molecule has 1 aliphatic rings. The molecule has 1 heterocycles. The summed E-state index contributed by atoms with van der Waals surface area (Å²) in [4.78, 5) is 20.6. The Morgan fingerprint density at radius 2 is 2.11 bits per heavy atom. The molecule has 1 atom stereocenters. The lowest BCUT2D eigenvalue weighted by molar-refractivity contribution is -0.119. The van der Waals surface area contributed by atoms with E-state index in [1.807, 2.05) is 6.07 Å². The van der Waals surface area contributed by atoms with E-state index in [0.29, 0.717) is 12.3 Å². The van der Waals surface area contributed by atoms with Crippen LogP contribution in [0, 0.1) is 5.92 Å². The number of para-hydroxylation sites is 1. The van der Waals surface area contributed by atoms with Gasteiger partial charge in [-0.15, -0.1) is 24.0 Å². The van der Waals surface area contributed by atoms with Crippen LogP contribution < -0.4 is 16.0 Å². The third-order valence-corrected chi connectivity index (χ3v) is 4.75. The Labute approximate surface area is 180 Å². The first kappa shape index (κ1) is 23.5. The van der Waals surface area contributed by atoms with E-state index in [2.05, 4.69) is 53.4 Å². The Balaban J connectivity index is 0.00000364. The highest BCUT2D eigenvalue weighted by molar-refractivity contribution is 14.0. The summed E-state index contributed by atoms with van der Waals surface area (Å²) in [6.45, 7) is 6.54. The van der Waals surface area contributed by atoms with Crippen LogP contribution in [-0.4, -0.2) is 56.5 Å². The normalized spacial score (nSPS) is 17.2. The predicted octanol–water partition coefficient (Wildman–Crippen LogP) is 2.68. The molecule has 3 N–H and O–H groups in total. The van der Waals surface area contributed by atoms with E-state index >= 15 is 0 Å². The van der Waals surface area contributed by atoms with Crippen molar-refractivity contribution in [3.05, 3.63) is 30.3 Å². The molecule has 0 spiro atoms. The van der Waals surface area contributed by atoms with Crippen molar-refractivity contribution in [2.75, 3.05) is 44.7 Å². The topological polar surface area (TPSA) is 74.0 Å². The molecule has 0 aliphatic carbocycles. The van der Waals surface area contributed by atoms with Crippen LogP contribution in [0.1, 0.15) is 32.6 Å². The van der Waals surface area contributed by atoms with Crippen molar-refractivity contribution in [2.24, 2.45) is 16.6 Å². The lowest BCUT2D eigenvalue weighted by atomic mass is 9.95. The molecular weight excluding hydrogens is 453 g/mol. The van der Waals surface area contributed by atoms with Crippen molar-refractivity contribution in [3.63, 3.8) is 0 Å². The van der Waals surface area contributed by atoms with E-state index in [1.54, 1.807) is 0 Å². The number of hydrogen-bond donors (Lipinski definition) is 2. The fourth-order valence-electron chi connectivity index (χ4n) is 3.44. The van der Waals surface area contributed by atoms with E-state index in [0.717, 1.165) is 57.9 Å². The standard InChI is InChI=1S/C20H33N5O.HI/c1-3-22-20(25-14-7-9-17(16-25)15-19(21)26)23-12-8-13-24(2)18-10-5-4-6-11-18;/h4-6,10-11,17H,3,7-9,12-16H2,1-2H3,(H2,21,26)(H,22,23);1H. The van der Waals surface area contributed by atoms with Gasteiger partial charge in [-0.25, -0.2) is 0 Å². The Hall–Kier alpha value is -1.51. The molecular formula is C20H34IN5O. The number of primary amides is 1. The first-order valence-corrected chi connectivity index (χ1v) is 9.68. The minimum absolute atomic E-state index is 0. The molecule has 0 saturated carbocycles. The van der Waals surface area contributed by atoms with Gasteiger partial charge < -0.3 is 20.9 Å². The number of carbonyl (C=O) groups excluding carboxylic acids is 1. The number of halogens is 1. The van der Waals surface area contributed by atoms with Gasteiger partial charge in [-0.3, -0.25) is 9.79 Å². The van der Waals surface area contributed by atoms with Crippen molar-refractivity contribution >= 4 is 41.5 Å². The molecule has 2 rings (SSSR count). The molecule has 1 unspecified atom stereocenters. The Kier molecular flexibility index (Phi) is 11.2. The number of nitrogens with two attached hydrogens (primary N) is 1. The van der Waals surface area contributed by atoms with Gasteiger partial charge in [0.2, 0.25) is 5.91 Å². The van der Waals surface area contributed by atoms with Crippen molar-refractivity contribution < 1.29 is 4.79 Å². The minimum atomic E-state index is -0.206. The number of likely N-dealkylation sites (tertiary alicyclic amines) is 1. The Bertz CT molecular complexity index is 581. The molecule has 1 aromatic rings. The van der Waals surface area contributed by atoms with Crippen molar-refractivity contribution in [3.8, 4) is 0 Å². The molecule has 1 saturated heterocycles. The fraction of sp³-hybridized carbons (Fsp3) is 0.600. The number of piperidine rings is 1. The zero-order chi connectivity index (χ0) is 18.8. The van der Waals surface area contributed by atoms with Gasteiger partial charge in [-0.05, 0) is 44.2 Å².